The number of likely N-dealkylation sites (N-methyl/N-ethyl adjacent to an activating group) is 1. The van der Waals surface area contributed by atoms with Crippen molar-refractivity contribution in [1.82, 2.24) is 19.4 Å². The van der Waals surface area contributed by atoms with Gasteiger partial charge in [-0.1, -0.05) is 0 Å². The highest BCUT2D eigenvalue weighted by Gasteiger charge is 2.30. The molecule has 1 atom stereocenters. The maximum Gasteiger partial charge on any atom is 0.293 e. The summed E-state index contributed by atoms with van der Waals surface area (Å²) >= 11 is 0. The Hall–Kier alpha value is -2.50. The molecule has 0 spiro atoms. The molecule has 1 fully saturated rings. The van der Waals surface area contributed by atoms with Gasteiger partial charge >= 0.3 is 0 Å². The Bertz CT molecular complexity index is 1010. The number of aryl methyl sites for hydroxylation is 1. The maximum absolute atomic E-state index is 12.9. The SMILES string of the molecule is CN1CCN(S(=O)(=O)c2ccc(NC3CCc4[nH]ncc4C3)c([N+](=O)[O-])c2)CC1. The van der Waals surface area contributed by atoms with Crippen molar-refractivity contribution in [1.29, 1.82) is 0 Å². The minimum atomic E-state index is -3.76. The van der Waals surface area contributed by atoms with Crippen molar-refractivity contribution >= 4 is 21.4 Å². The molecule has 2 aromatic rings. The summed E-state index contributed by atoms with van der Waals surface area (Å²) in [5.41, 5.74) is 2.32. The Labute approximate surface area is 169 Å². The zero-order valence-electron chi connectivity index (χ0n) is 16.2. The topological polar surface area (TPSA) is 124 Å². The Morgan fingerprint density at radius 1 is 1.28 bits per heavy atom. The third kappa shape index (κ3) is 3.98. The Morgan fingerprint density at radius 3 is 2.76 bits per heavy atom. The summed E-state index contributed by atoms with van der Waals surface area (Å²) < 4.78 is 27.3. The van der Waals surface area contributed by atoms with Crippen LogP contribution in [-0.2, 0) is 22.9 Å². The predicted molar refractivity (Wildman–Crippen MR) is 107 cm³/mol. The van der Waals surface area contributed by atoms with E-state index in [2.05, 4.69) is 20.4 Å². The average Bonchev–Trinajstić information content (AvgIpc) is 3.16. The van der Waals surface area contributed by atoms with Crippen LogP contribution >= 0.6 is 0 Å². The molecule has 1 aromatic heterocycles. The summed E-state index contributed by atoms with van der Waals surface area (Å²) in [5.74, 6) is 0. The summed E-state index contributed by atoms with van der Waals surface area (Å²) in [6.07, 6.45) is 4.12. The van der Waals surface area contributed by atoms with Crippen molar-refractivity contribution in [3.05, 3.63) is 45.8 Å². The van der Waals surface area contributed by atoms with Gasteiger partial charge in [-0.25, -0.2) is 8.42 Å². The molecule has 2 N–H and O–H groups in total. The highest BCUT2D eigenvalue weighted by molar-refractivity contribution is 7.89. The van der Waals surface area contributed by atoms with Gasteiger partial charge in [0.25, 0.3) is 5.69 Å². The van der Waals surface area contributed by atoms with E-state index in [0.717, 1.165) is 24.1 Å². The molecule has 11 heteroatoms. The zero-order valence-corrected chi connectivity index (χ0v) is 17.0. The van der Waals surface area contributed by atoms with E-state index in [0.29, 0.717) is 38.3 Å². The molecule has 2 heterocycles. The fraction of sp³-hybridized carbons (Fsp3) is 0.500. The molecule has 0 amide bonds. The van der Waals surface area contributed by atoms with Gasteiger partial charge in [0, 0.05) is 44.0 Å². The standard InChI is InChI=1S/C18H24N6O4S/c1-22-6-8-23(9-7-22)29(27,28)15-3-5-17(18(11-15)24(25)26)20-14-2-4-16-13(10-14)12-19-21-16/h3,5,11-12,14,20H,2,4,6-10H2,1H3,(H,19,21). The molecule has 10 nitrogen and oxygen atoms in total. The molecule has 1 aromatic carbocycles. The molecule has 1 saturated heterocycles. The molecular weight excluding hydrogens is 396 g/mol. The predicted octanol–water partition coefficient (Wildman–Crippen LogP) is 1.22. The number of sulfonamides is 1. The fourth-order valence-corrected chi connectivity index (χ4v) is 5.32. The number of nitro benzene ring substituents is 1. The first kappa shape index (κ1) is 19.8. The number of hydrogen-bond donors (Lipinski definition) is 2. The Morgan fingerprint density at radius 2 is 2.03 bits per heavy atom. The van der Waals surface area contributed by atoms with Crippen LogP contribution < -0.4 is 5.32 Å². The monoisotopic (exact) mass is 420 g/mol. The third-order valence-electron chi connectivity index (χ3n) is 5.64. The van der Waals surface area contributed by atoms with Gasteiger partial charge in [-0.05, 0) is 44.0 Å². The highest BCUT2D eigenvalue weighted by atomic mass is 32.2. The lowest BCUT2D eigenvalue weighted by atomic mass is 9.93. The van der Waals surface area contributed by atoms with E-state index in [-0.39, 0.29) is 16.6 Å². The van der Waals surface area contributed by atoms with Crippen LogP contribution in [-0.4, -0.2) is 72.0 Å². The summed E-state index contributed by atoms with van der Waals surface area (Å²) in [6, 6.07) is 4.15. The lowest BCUT2D eigenvalue weighted by molar-refractivity contribution is -0.384. The molecule has 0 bridgehead atoms. The normalized spacial score (nSPS) is 20.9. The first-order valence-electron chi connectivity index (χ1n) is 9.59. The number of anilines is 1. The number of aromatic nitrogens is 2. The second-order valence-electron chi connectivity index (χ2n) is 7.60. The first-order valence-corrected chi connectivity index (χ1v) is 11.0. The van der Waals surface area contributed by atoms with Crippen LogP contribution in [0.2, 0.25) is 0 Å². The molecule has 0 saturated carbocycles. The molecule has 29 heavy (non-hydrogen) atoms. The molecule has 1 aliphatic carbocycles. The summed E-state index contributed by atoms with van der Waals surface area (Å²) in [6.45, 7) is 2.03. The van der Waals surface area contributed by atoms with Crippen molar-refractivity contribution in [2.75, 3.05) is 38.5 Å². The van der Waals surface area contributed by atoms with Gasteiger partial charge in [0.2, 0.25) is 10.0 Å². The van der Waals surface area contributed by atoms with Crippen LogP contribution in [0, 0.1) is 10.1 Å². The summed E-state index contributed by atoms with van der Waals surface area (Å²) in [5, 5.41) is 21.9. The van der Waals surface area contributed by atoms with E-state index < -0.39 is 14.9 Å². The van der Waals surface area contributed by atoms with E-state index in [1.807, 2.05) is 7.05 Å². The number of benzene rings is 1. The average molecular weight is 420 g/mol. The van der Waals surface area contributed by atoms with Crippen LogP contribution in [0.25, 0.3) is 0 Å². The third-order valence-corrected chi connectivity index (χ3v) is 7.54. The van der Waals surface area contributed by atoms with Crippen molar-refractivity contribution in [2.24, 2.45) is 0 Å². The fourth-order valence-electron chi connectivity index (χ4n) is 3.88. The second kappa shape index (κ2) is 7.73. The second-order valence-corrected chi connectivity index (χ2v) is 9.54. The minimum Gasteiger partial charge on any atom is -0.376 e. The Kier molecular flexibility index (Phi) is 5.28. The minimum absolute atomic E-state index is 0.0267. The van der Waals surface area contributed by atoms with Gasteiger partial charge in [-0.2, -0.15) is 9.40 Å². The lowest BCUT2D eigenvalue weighted by Crippen LogP contribution is -2.47. The van der Waals surface area contributed by atoms with Crippen LogP contribution in [0.3, 0.4) is 0 Å². The van der Waals surface area contributed by atoms with Crippen LogP contribution in [0.15, 0.2) is 29.3 Å². The smallest absolute Gasteiger partial charge is 0.293 e. The number of nitrogens with zero attached hydrogens (tertiary/aromatic N) is 4. The van der Waals surface area contributed by atoms with Crippen LogP contribution in [0.4, 0.5) is 11.4 Å². The number of hydrogen-bond acceptors (Lipinski definition) is 7. The lowest BCUT2D eigenvalue weighted by Gasteiger charge is -2.31. The number of H-pyrrole nitrogens is 1. The maximum atomic E-state index is 12.9. The van der Waals surface area contributed by atoms with Gasteiger partial charge in [0.05, 0.1) is 16.0 Å². The van der Waals surface area contributed by atoms with Crippen molar-refractivity contribution < 1.29 is 13.3 Å². The van der Waals surface area contributed by atoms with E-state index in [1.54, 1.807) is 6.20 Å². The number of aromatic amines is 1. The first-order chi connectivity index (χ1) is 13.8. The molecule has 156 valence electrons. The molecule has 4 rings (SSSR count). The number of nitro groups is 1. The van der Waals surface area contributed by atoms with Gasteiger partial charge in [-0.15, -0.1) is 0 Å². The molecular formula is C18H24N6O4S. The Balaban J connectivity index is 1.56. The van der Waals surface area contributed by atoms with Gasteiger partial charge in [-0.3, -0.25) is 15.2 Å². The molecule has 1 aliphatic heterocycles. The number of piperazine rings is 1. The van der Waals surface area contributed by atoms with Gasteiger partial charge in [0.1, 0.15) is 5.69 Å². The van der Waals surface area contributed by atoms with Gasteiger partial charge in [0.15, 0.2) is 0 Å². The van der Waals surface area contributed by atoms with E-state index in [9.17, 15) is 18.5 Å². The quantitative estimate of drug-likeness (QED) is 0.550. The van der Waals surface area contributed by atoms with E-state index >= 15 is 0 Å². The number of fused-ring (bicyclic) bond motifs is 1. The van der Waals surface area contributed by atoms with E-state index in [1.165, 1.54) is 22.5 Å². The van der Waals surface area contributed by atoms with Gasteiger partial charge < -0.3 is 10.2 Å². The van der Waals surface area contributed by atoms with Crippen LogP contribution in [0.1, 0.15) is 17.7 Å². The number of nitrogens with one attached hydrogen (secondary N) is 2. The molecule has 0 radical (unpaired) electrons. The zero-order chi connectivity index (χ0) is 20.6. The number of rotatable bonds is 5. The molecule has 2 aliphatic rings. The van der Waals surface area contributed by atoms with Crippen molar-refractivity contribution in [2.45, 2.75) is 30.2 Å². The van der Waals surface area contributed by atoms with E-state index in [4.69, 9.17) is 0 Å². The summed E-state index contributed by atoms with van der Waals surface area (Å²) in [7, 11) is -1.82. The molecule has 1 unspecified atom stereocenters. The summed E-state index contributed by atoms with van der Waals surface area (Å²) in [4.78, 5) is 13.1. The van der Waals surface area contributed by atoms with Crippen molar-refractivity contribution in [3.8, 4) is 0 Å². The largest absolute Gasteiger partial charge is 0.376 e. The van der Waals surface area contributed by atoms with Crippen molar-refractivity contribution in [3.63, 3.8) is 0 Å². The van der Waals surface area contributed by atoms with Crippen LogP contribution in [0.5, 0.6) is 0 Å². The highest BCUT2D eigenvalue weighted by Crippen LogP contribution is 2.31.